The van der Waals surface area contributed by atoms with Gasteiger partial charge in [0.25, 0.3) is 0 Å². The first-order valence-corrected chi connectivity index (χ1v) is 7.85. The molecule has 1 aliphatic rings. The highest BCUT2D eigenvalue weighted by molar-refractivity contribution is 5.90. The first-order chi connectivity index (χ1) is 10.6. The van der Waals surface area contributed by atoms with Crippen molar-refractivity contribution in [2.75, 3.05) is 13.1 Å². The van der Waals surface area contributed by atoms with Gasteiger partial charge in [0.1, 0.15) is 5.82 Å². The van der Waals surface area contributed by atoms with Crippen LogP contribution >= 0.6 is 0 Å². The van der Waals surface area contributed by atoms with E-state index in [0.29, 0.717) is 11.9 Å². The van der Waals surface area contributed by atoms with E-state index >= 15 is 0 Å². The maximum atomic E-state index is 13.8. The van der Waals surface area contributed by atoms with Crippen molar-refractivity contribution in [2.24, 2.45) is 5.73 Å². The number of carbonyl (C=O) groups excluding carboxylic acids is 1. The van der Waals surface area contributed by atoms with Crippen molar-refractivity contribution in [3.63, 3.8) is 0 Å². The number of hydrogen-bond acceptors (Lipinski definition) is 2. The van der Waals surface area contributed by atoms with Crippen molar-refractivity contribution in [3.8, 4) is 0 Å². The van der Waals surface area contributed by atoms with Crippen LogP contribution in [0.25, 0.3) is 10.9 Å². The summed E-state index contributed by atoms with van der Waals surface area (Å²) < 4.78 is 13.8. The molecule has 1 fully saturated rings. The number of nitrogens with one attached hydrogen (secondary N) is 1. The van der Waals surface area contributed by atoms with E-state index in [-0.39, 0.29) is 17.8 Å². The topological polar surface area (TPSA) is 62.1 Å². The second-order valence-electron chi connectivity index (χ2n) is 6.14. The molecule has 0 aliphatic carbocycles. The van der Waals surface area contributed by atoms with Gasteiger partial charge in [0.05, 0.1) is 11.9 Å². The number of carbonyl (C=O) groups is 1. The quantitative estimate of drug-likeness (QED) is 0.895. The lowest BCUT2D eigenvalue weighted by Gasteiger charge is -2.20. The van der Waals surface area contributed by atoms with Gasteiger partial charge in [-0.15, -0.1) is 0 Å². The van der Waals surface area contributed by atoms with Crippen LogP contribution in [-0.2, 0) is 11.2 Å². The molecule has 0 saturated carbocycles. The van der Waals surface area contributed by atoms with Gasteiger partial charge in [-0.05, 0) is 37.8 Å². The summed E-state index contributed by atoms with van der Waals surface area (Å²) in [5, 5.41) is 0.803. The van der Waals surface area contributed by atoms with Crippen LogP contribution in [0.2, 0.25) is 0 Å². The number of fused-ring (bicyclic) bond motifs is 1. The molecule has 1 aromatic heterocycles. The Hall–Kier alpha value is -1.88. The van der Waals surface area contributed by atoms with Gasteiger partial charge in [0.15, 0.2) is 0 Å². The van der Waals surface area contributed by atoms with E-state index in [1.165, 1.54) is 6.07 Å². The number of amides is 1. The summed E-state index contributed by atoms with van der Waals surface area (Å²) in [6.45, 7) is 3.37. The molecule has 22 heavy (non-hydrogen) atoms. The van der Waals surface area contributed by atoms with Crippen molar-refractivity contribution in [1.29, 1.82) is 0 Å². The van der Waals surface area contributed by atoms with Crippen molar-refractivity contribution in [1.82, 2.24) is 9.88 Å². The molecule has 0 radical (unpaired) electrons. The molecule has 4 nitrogen and oxygen atoms in total. The lowest BCUT2D eigenvalue weighted by atomic mass is 10.1. The summed E-state index contributed by atoms with van der Waals surface area (Å²) in [6, 6.07) is 5.18. The van der Waals surface area contributed by atoms with Gasteiger partial charge in [0, 0.05) is 30.2 Å². The Balaban J connectivity index is 1.82. The lowest BCUT2D eigenvalue weighted by molar-refractivity contribution is -0.130. The van der Waals surface area contributed by atoms with E-state index in [2.05, 4.69) is 4.98 Å². The Morgan fingerprint density at radius 2 is 2.23 bits per heavy atom. The minimum Gasteiger partial charge on any atom is -0.356 e. The molecule has 0 bridgehead atoms. The highest BCUT2D eigenvalue weighted by Crippen LogP contribution is 2.25. The Labute approximate surface area is 129 Å². The third-order valence-corrected chi connectivity index (χ3v) is 4.56. The molecule has 2 heterocycles. The molecule has 1 amide bonds. The lowest BCUT2D eigenvalue weighted by Crippen LogP contribution is -2.34. The van der Waals surface area contributed by atoms with Crippen LogP contribution < -0.4 is 5.73 Å². The van der Waals surface area contributed by atoms with Crippen LogP contribution in [0.3, 0.4) is 0 Å². The number of halogens is 1. The van der Waals surface area contributed by atoms with E-state index in [9.17, 15) is 9.18 Å². The van der Waals surface area contributed by atoms with Gasteiger partial charge in [-0.3, -0.25) is 4.79 Å². The van der Waals surface area contributed by atoms with Crippen molar-refractivity contribution < 1.29 is 9.18 Å². The SMILES string of the molecule is Cc1[nH]c2c(F)cccc2c1CC(=O)N1CCC[C@H](N)CC1. The summed E-state index contributed by atoms with van der Waals surface area (Å²) in [5.74, 6) is -0.178. The molecule has 0 unspecified atom stereocenters. The second kappa shape index (κ2) is 6.08. The van der Waals surface area contributed by atoms with Gasteiger partial charge >= 0.3 is 0 Å². The average Bonchev–Trinajstić information content (AvgIpc) is 2.67. The van der Waals surface area contributed by atoms with Crippen LogP contribution in [0.4, 0.5) is 4.39 Å². The molecule has 5 heteroatoms. The van der Waals surface area contributed by atoms with Gasteiger partial charge in [-0.1, -0.05) is 12.1 Å². The van der Waals surface area contributed by atoms with Crippen LogP contribution in [-0.4, -0.2) is 34.9 Å². The Morgan fingerprint density at radius 3 is 3.05 bits per heavy atom. The molecule has 0 spiro atoms. The minimum absolute atomic E-state index is 0.0994. The number of hydrogen-bond donors (Lipinski definition) is 2. The number of aromatic amines is 1. The van der Waals surface area contributed by atoms with E-state index in [1.54, 1.807) is 6.07 Å². The summed E-state index contributed by atoms with van der Waals surface area (Å²) in [6.07, 6.45) is 3.09. The number of nitrogens with zero attached hydrogens (tertiary/aromatic N) is 1. The highest BCUT2D eigenvalue weighted by Gasteiger charge is 2.21. The van der Waals surface area contributed by atoms with Crippen LogP contribution in [0.5, 0.6) is 0 Å². The molecule has 3 N–H and O–H groups in total. The van der Waals surface area contributed by atoms with Crippen LogP contribution in [0.15, 0.2) is 18.2 Å². The predicted octanol–water partition coefficient (Wildman–Crippen LogP) is 2.50. The first-order valence-electron chi connectivity index (χ1n) is 7.85. The molecule has 1 atom stereocenters. The Morgan fingerprint density at radius 1 is 1.41 bits per heavy atom. The van der Waals surface area contributed by atoms with E-state index in [1.807, 2.05) is 17.9 Å². The smallest absolute Gasteiger partial charge is 0.227 e. The Bertz CT molecular complexity index is 695. The van der Waals surface area contributed by atoms with Gasteiger partial charge in [0.2, 0.25) is 5.91 Å². The molecular weight excluding hydrogens is 281 g/mol. The fourth-order valence-electron chi connectivity index (χ4n) is 3.23. The molecule has 1 aliphatic heterocycles. The number of para-hydroxylation sites is 1. The summed E-state index contributed by atoms with van der Waals surface area (Å²) in [5.41, 5.74) is 8.21. The van der Waals surface area contributed by atoms with Gasteiger partial charge < -0.3 is 15.6 Å². The zero-order valence-electron chi connectivity index (χ0n) is 12.9. The molecular formula is C17H22FN3O. The monoisotopic (exact) mass is 303 g/mol. The largest absolute Gasteiger partial charge is 0.356 e. The normalized spacial score (nSPS) is 19.4. The van der Waals surface area contributed by atoms with E-state index in [0.717, 1.165) is 49.0 Å². The molecule has 2 aromatic rings. The summed E-state index contributed by atoms with van der Waals surface area (Å²) in [4.78, 5) is 17.5. The molecule has 1 aromatic carbocycles. The molecule has 118 valence electrons. The van der Waals surface area contributed by atoms with E-state index < -0.39 is 0 Å². The highest BCUT2D eigenvalue weighted by atomic mass is 19.1. The molecule has 3 rings (SSSR count). The average molecular weight is 303 g/mol. The summed E-state index contributed by atoms with van der Waals surface area (Å²) >= 11 is 0. The van der Waals surface area contributed by atoms with Crippen LogP contribution in [0.1, 0.15) is 30.5 Å². The van der Waals surface area contributed by atoms with Crippen LogP contribution in [0, 0.1) is 12.7 Å². The first kappa shape index (κ1) is 15.0. The maximum Gasteiger partial charge on any atom is 0.227 e. The number of aromatic nitrogens is 1. The fourth-order valence-corrected chi connectivity index (χ4v) is 3.23. The predicted molar refractivity (Wildman–Crippen MR) is 85.1 cm³/mol. The number of benzene rings is 1. The zero-order chi connectivity index (χ0) is 15.7. The van der Waals surface area contributed by atoms with Gasteiger partial charge in [-0.2, -0.15) is 0 Å². The number of nitrogens with two attached hydrogens (primary N) is 1. The van der Waals surface area contributed by atoms with Gasteiger partial charge in [-0.25, -0.2) is 4.39 Å². The number of H-pyrrole nitrogens is 1. The Kier molecular flexibility index (Phi) is 4.16. The van der Waals surface area contributed by atoms with Crippen molar-refractivity contribution in [3.05, 3.63) is 35.3 Å². The minimum atomic E-state index is -0.278. The standard InChI is InChI=1S/C17H22FN3O/c1-11-14(13-5-2-6-15(18)17(13)20-11)10-16(22)21-8-3-4-12(19)7-9-21/h2,5-6,12,20H,3-4,7-10,19H2,1H3/t12-/m0/s1. The third kappa shape index (κ3) is 2.86. The summed E-state index contributed by atoms with van der Waals surface area (Å²) in [7, 11) is 0. The number of rotatable bonds is 2. The number of likely N-dealkylation sites (tertiary alicyclic amines) is 1. The van der Waals surface area contributed by atoms with Crippen molar-refractivity contribution in [2.45, 2.75) is 38.6 Å². The molecule has 1 saturated heterocycles. The maximum absolute atomic E-state index is 13.8. The zero-order valence-corrected chi connectivity index (χ0v) is 12.9. The second-order valence-corrected chi connectivity index (χ2v) is 6.14. The third-order valence-electron chi connectivity index (χ3n) is 4.56. The van der Waals surface area contributed by atoms with Crippen molar-refractivity contribution >= 4 is 16.8 Å². The fraction of sp³-hybridized carbons (Fsp3) is 0.471. The van der Waals surface area contributed by atoms with E-state index in [4.69, 9.17) is 5.73 Å². The number of aryl methyl sites for hydroxylation is 1.